The maximum atomic E-state index is 12.4. The van der Waals surface area contributed by atoms with Gasteiger partial charge in [-0.3, -0.25) is 0 Å². The summed E-state index contributed by atoms with van der Waals surface area (Å²) in [6.45, 7) is 7.60. The summed E-state index contributed by atoms with van der Waals surface area (Å²) in [5.41, 5.74) is 0. The van der Waals surface area contributed by atoms with E-state index in [1.807, 2.05) is 7.05 Å². The van der Waals surface area contributed by atoms with Gasteiger partial charge in [0, 0.05) is 13.1 Å². The average molecular weight is 312 g/mol. The highest BCUT2D eigenvalue weighted by Gasteiger charge is 2.21. The molecule has 6 heteroatoms. The molecule has 0 atom stereocenters. The van der Waals surface area contributed by atoms with Crippen molar-refractivity contribution in [3.05, 3.63) is 36.9 Å². The second-order valence-electron chi connectivity index (χ2n) is 4.52. The summed E-state index contributed by atoms with van der Waals surface area (Å²) < 4.78 is 31.7. The Morgan fingerprint density at radius 3 is 2.52 bits per heavy atom. The molecule has 0 bridgehead atoms. The summed E-state index contributed by atoms with van der Waals surface area (Å²) in [6.07, 6.45) is 2.49. The van der Waals surface area contributed by atoms with E-state index in [0.717, 1.165) is 13.0 Å². The molecule has 0 fully saturated rings. The Kier molecular flexibility index (Phi) is 7.42. The number of nitrogens with zero attached hydrogens (tertiary/aromatic N) is 1. The standard InChI is InChI=1S/C15H24N2O3S/c1-4-12-17(5-2)21(18,19)15-9-7-14(8-10-15)20-13-6-11-16-3/h4,7-10,16H,1,5-6,11-13H2,2-3H3. The molecular formula is C15H24N2O3S. The Morgan fingerprint density at radius 2 is 2.00 bits per heavy atom. The van der Waals surface area contributed by atoms with Crippen molar-refractivity contribution >= 4 is 10.0 Å². The Morgan fingerprint density at radius 1 is 1.33 bits per heavy atom. The second-order valence-corrected chi connectivity index (χ2v) is 6.46. The zero-order valence-corrected chi connectivity index (χ0v) is 13.5. The van der Waals surface area contributed by atoms with Gasteiger partial charge in [-0.15, -0.1) is 6.58 Å². The highest BCUT2D eigenvalue weighted by Crippen LogP contribution is 2.19. The summed E-state index contributed by atoms with van der Waals surface area (Å²) in [7, 11) is -1.57. The predicted octanol–water partition coefficient (Wildman–Crippen LogP) is 1.87. The monoisotopic (exact) mass is 312 g/mol. The van der Waals surface area contributed by atoms with E-state index in [0.29, 0.717) is 25.4 Å². The molecule has 1 N–H and O–H groups in total. The van der Waals surface area contributed by atoms with E-state index in [1.54, 1.807) is 37.3 Å². The number of sulfonamides is 1. The predicted molar refractivity (Wildman–Crippen MR) is 85.1 cm³/mol. The van der Waals surface area contributed by atoms with Crippen molar-refractivity contribution in [2.24, 2.45) is 0 Å². The van der Waals surface area contributed by atoms with Crippen LogP contribution in [0.1, 0.15) is 13.3 Å². The van der Waals surface area contributed by atoms with Crippen LogP contribution in [0.4, 0.5) is 0 Å². The van der Waals surface area contributed by atoms with Crippen LogP contribution in [0.15, 0.2) is 41.8 Å². The molecule has 0 unspecified atom stereocenters. The zero-order valence-electron chi connectivity index (χ0n) is 12.7. The molecule has 0 amide bonds. The first-order valence-corrected chi connectivity index (χ1v) is 8.48. The lowest BCUT2D eigenvalue weighted by Gasteiger charge is -2.18. The van der Waals surface area contributed by atoms with Crippen LogP contribution in [0, 0.1) is 0 Å². The van der Waals surface area contributed by atoms with Crippen LogP contribution in [0.25, 0.3) is 0 Å². The van der Waals surface area contributed by atoms with Crippen LogP contribution in [-0.4, -0.2) is 46.0 Å². The Balaban J connectivity index is 2.74. The first kappa shape index (κ1) is 17.7. The number of nitrogens with one attached hydrogen (secondary N) is 1. The fraction of sp³-hybridized carbons (Fsp3) is 0.467. The van der Waals surface area contributed by atoms with Crippen LogP contribution in [0.5, 0.6) is 5.75 Å². The van der Waals surface area contributed by atoms with Gasteiger partial charge in [-0.2, -0.15) is 4.31 Å². The van der Waals surface area contributed by atoms with Crippen molar-refractivity contribution in [3.8, 4) is 5.75 Å². The minimum absolute atomic E-state index is 0.272. The van der Waals surface area contributed by atoms with Crippen molar-refractivity contribution < 1.29 is 13.2 Å². The van der Waals surface area contributed by atoms with Crippen molar-refractivity contribution in [3.63, 3.8) is 0 Å². The van der Waals surface area contributed by atoms with E-state index in [1.165, 1.54) is 4.31 Å². The van der Waals surface area contributed by atoms with Gasteiger partial charge in [0.1, 0.15) is 5.75 Å². The van der Waals surface area contributed by atoms with Gasteiger partial charge < -0.3 is 10.1 Å². The van der Waals surface area contributed by atoms with Crippen molar-refractivity contribution in [1.29, 1.82) is 0 Å². The maximum Gasteiger partial charge on any atom is 0.243 e. The summed E-state index contributed by atoms with van der Waals surface area (Å²) in [5, 5.41) is 3.04. The molecule has 0 heterocycles. The molecule has 1 aromatic rings. The molecule has 0 radical (unpaired) electrons. The van der Waals surface area contributed by atoms with E-state index in [2.05, 4.69) is 11.9 Å². The molecule has 1 rings (SSSR count). The lowest BCUT2D eigenvalue weighted by Crippen LogP contribution is -2.30. The van der Waals surface area contributed by atoms with E-state index in [9.17, 15) is 8.42 Å². The third-order valence-corrected chi connectivity index (χ3v) is 4.94. The van der Waals surface area contributed by atoms with Gasteiger partial charge in [0.2, 0.25) is 10.0 Å². The molecule has 0 saturated heterocycles. The first-order chi connectivity index (χ1) is 10.1. The van der Waals surface area contributed by atoms with E-state index >= 15 is 0 Å². The summed E-state index contributed by atoms with van der Waals surface area (Å²) in [4.78, 5) is 0.272. The molecule has 0 aliphatic rings. The van der Waals surface area contributed by atoms with Gasteiger partial charge >= 0.3 is 0 Å². The molecular weight excluding hydrogens is 288 g/mol. The van der Waals surface area contributed by atoms with Crippen LogP contribution >= 0.6 is 0 Å². The normalized spacial score (nSPS) is 11.6. The minimum atomic E-state index is -3.46. The second kappa shape index (κ2) is 8.81. The number of likely N-dealkylation sites (N-methyl/N-ethyl adjacent to an activating group) is 1. The number of hydrogen-bond donors (Lipinski definition) is 1. The molecule has 0 spiro atoms. The Hall–Kier alpha value is -1.37. The topological polar surface area (TPSA) is 58.6 Å². The minimum Gasteiger partial charge on any atom is -0.494 e. The fourth-order valence-electron chi connectivity index (χ4n) is 1.84. The zero-order chi connectivity index (χ0) is 15.7. The fourth-order valence-corrected chi connectivity index (χ4v) is 3.26. The number of ether oxygens (including phenoxy) is 1. The molecule has 1 aromatic carbocycles. The van der Waals surface area contributed by atoms with Crippen LogP contribution in [-0.2, 0) is 10.0 Å². The van der Waals surface area contributed by atoms with Gasteiger partial charge in [0.25, 0.3) is 0 Å². The Bertz CT molecular complexity index is 526. The van der Waals surface area contributed by atoms with E-state index in [4.69, 9.17) is 4.74 Å². The van der Waals surface area contributed by atoms with Gasteiger partial charge in [0.05, 0.1) is 11.5 Å². The van der Waals surface area contributed by atoms with Gasteiger partial charge in [0.15, 0.2) is 0 Å². The van der Waals surface area contributed by atoms with Gasteiger partial charge in [-0.05, 0) is 44.3 Å². The van der Waals surface area contributed by atoms with Crippen LogP contribution in [0.3, 0.4) is 0 Å². The van der Waals surface area contributed by atoms with Gasteiger partial charge in [-0.25, -0.2) is 8.42 Å². The largest absolute Gasteiger partial charge is 0.494 e. The molecule has 0 saturated carbocycles. The first-order valence-electron chi connectivity index (χ1n) is 7.04. The smallest absolute Gasteiger partial charge is 0.243 e. The quantitative estimate of drug-likeness (QED) is 0.529. The third kappa shape index (κ3) is 5.15. The Labute approximate surface area is 127 Å². The number of rotatable bonds is 10. The van der Waals surface area contributed by atoms with Crippen molar-refractivity contribution in [2.75, 3.05) is 33.3 Å². The highest BCUT2D eigenvalue weighted by molar-refractivity contribution is 7.89. The van der Waals surface area contributed by atoms with Crippen molar-refractivity contribution in [2.45, 2.75) is 18.2 Å². The van der Waals surface area contributed by atoms with E-state index < -0.39 is 10.0 Å². The number of benzene rings is 1. The lowest BCUT2D eigenvalue weighted by atomic mass is 10.3. The van der Waals surface area contributed by atoms with Crippen molar-refractivity contribution in [1.82, 2.24) is 9.62 Å². The third-order valence-electron chi connectivity index (χ3n) is 2.99. The van der Waals surface area contributed by atoms with E-state index in [-0.39, 0.29) is 4.90 Å². The summed E-state index contributed by atoms with van der Waals surface area (Å²) in [6, 6.07) is 6.53. The average Bonchev–Trinajstić information content (AvgIpc) is 2.49. The SMILES string of the molecule is C=CCN(CC)S(=O)(=O)c1ccc(OCCCNC)cc1. The molecule has 0 aliphatic carbocycles. The highest BCUT2D eigenvalue weighted by atomic mass is 32.2. The maximum absolute atomic E-state index is 12.4. The molecule has 0 aliphatic heterocycles. The van der Waals surface area contributed by atoms with Crippen LogP contribution in [0.2, 0.25) is 0 Å². The molecule has 0 aromatic heterocycles. The molecule has 118 valence electrons. The summed E-state index contributed by atoms with van der Waals surface area (Å²) in [5.74, 6) is 0.678. The van der Waals surface area contributed by atoms with Crippen LogP contribution < -0.4 is 10.1 Å². The summed E-state index contributed by atoms with van der Waals surface area (Å²) >= 11 is 0. The molecule has 21 heavy (non-hydrogen) atoms. The number of hydrogen-bond acceptors (Lipinski definition) is 4. The van der Waals surface area contributed by atoms with Gasteiger partial charge in [-0.1, -0.05) is 13.0 Å². The lowest BCUT2D eigenvalue weighted by molar-refractivity contribution is 0.309. The molecule has 5 nitrogen and oxygen atoms in total.